The van der Waals surface area contributed by atoms with Gasteiger partial charge in [0.1, 0.15) is 0 Å². The summed E-state index contributed by atoms with van der Waals surface area (Å²) in [4.78, 5) is 4.06. The van der Waals surface area contributed by atoms with Gasteiger partial charge in [-0.05, 0) is 19.1 Å². The first-order valence-electron chi connectivity index (χ1n) is 4.17. The van der Waals surface area contributed by atoms with Crippen LogP contribution in [0.3, 0.4) is 0 Å². The molecule has 0 aromatic carbocycles. The molecule has 2 N–H and O–H groups in total. The minimum Gasteiger partial charge on any atom is -0.481 e. The molecule has 1 unspecified atom stereocenters. The second kappa shape index (κ2) is 4.62. The van der Waals surface area contributed by atoms with E-state index in [0.29, 0.717) is 5.88 Å². The molecule has 1 atom stereocenters. The molecule has 0 aliphatic rings. The normalized spacial score (nSPS) is 13.2. The van der Waals surface area contributed by atoms with Crippen LogP contribution in [0.25, 0.3) is 6.08 Å². The highest BCUT2D eigenvalue weighted by Crippen LogP contribution is 2.14. The van der Waals surface area contributed by atoms with Crippen LogP contribution in [0.1, 0.15) is 12.5 Å². The van der Waals surface area contributed by atoms with Gasteiger partial charge in [-0.25, -0.2) is 4.98 Å². The third kappa shape index (κ3) is 2.87. The number of pyridine rings is 1. The molecule has 13 heavy (non-hydrogen) atoms. The number of aromatic nitrogens is 1. The molecule has 0 fully saturated rings. The Hall–Kier alpha value is -1.35. The second-order valence-electron chi connectivity index (χ2n) is 2.82. The summed E-state index contributed by atoms with van der Waals surface area (Å²) in [5.74, 6) is 0.624. The van der Waals surface area contributed by atoms with Crippen LogP contribution in [-0.4, -0.2) is 18.1 Å². The second-order valence-corrected chi connectivity index (χ2v) is 2.82. The zero-order valence-electron chi connectivity index (χ0n) is 7.90. The number of nitrogens with two attached hydrogens (primary N) is 1. The maximum Gasteiger partial charge on any atom is 0.220 e. The van der Waals surface area contributed by atoms with E-state index in [-0.39, 0.29) is 6.04 Å². The summed E-state index contributed by atoms with van der Waals surface area (Å²) in [6.45, 7) is 1.92. The Morgan fingerprint density at radius 1 is 1.62 bits per heavy atom. The average Bonchev–Trinajstić information content (AvgIpc) is 2.15. The predicted octanol–water partition coefficient (Wildman–Crippen LogP) is 1.45. The van der Waals surface area contributed by atoms with E-state index >= 15 is 0 Å². The van der Waals surface area contributed by atoms with E-state index in [9.17, 15) is 0 Å². The fourth-order valence-corrected chi connectivity index (χ4v) is 0.956. The van der Waals surface area contributed by atoms with Crippen molar-refractivity contribution in [2.45, 2.75) is 13.0 Å². The molecule has 0 saturated carbocycles. The van der Waals surface area contributed by atoms with Crippen LogP contribution < -0.4 is 10.5 Å². The fourth-order valence-electron chi connectivity index (χ4n) is 0.956. The third-order valence-corrected chi connectivity index (χ3v) is 1.57. The van der Waals surface area contributed by atoms with Gasteiger partial charge in [0.25, 0.3) is 0 Å². The molecule has 0 saturated heterocycles. The summed E-state index contributed by atoms with van der Waals surface area (Å²) in [5.41, 5.74) is 6.53. The van der Waals surface area contributed by atoms with Gasteiger partial charge in [0.15, 0.2) is 0 Å². The van der Waals surface area contributed by atoms with Crippen molar-refractivity contribution in [2.24, 2.45) is 5.73 Å². The maximum absolute atomic E-state index is 5.58. The van der Waals surface area contributed by atoms with Crippen LogP contribution in [0.2, 0.25) is 0 Å². The van der Waals surface area contributed by atoms with E-state index in [1.807, 2.05) is 31.2 Å². The molecule has 1 heterocycles. The predicted molar refractivity (Wildman–Crippen MR) is 53.5 cm³/mol. The Labute approximate surface area is 78.2 Å². The Morgan fingerprint density at radius 3 is 3.00 bits per heavy atom. The summed E-state index contributed by atoms with van der Waals surface area (Å²) in [7, 11) is 1.60. The highest BCUT2D eigenvalue weighted by molar-refractivity contribution is 5.54. The monoisotopic (exact) mass is 178 g/mol. The van der Waals surface area contributed by atoms with E-state index < -0.39 is 0 Å². The van der Waals surface area contributed by atoms with Crippen molar-refractivity contribution < 1.29 is 4.74 Å². The number of rotatable bonds is 3. The highest BCUT2D eigenvalue weighted by Gasteiger charge is 1.97. The van der Waals surface area contributed by atoms with Gasteiger partial charge < -0.3 is 10.5 Å². The molecule has 0 aliphatic carbocycles. The standard InChI is InChI=1S/C10H14N2O/c1-8(11)5-6-9-4-3-7-12-10(9)13-2/h3-8H,11H2,1-2H3/b6-5+. The molecular formula is C10H14N2O. The van der Waals surface area contributed by atoms with Gasteiger partial charge in [-0.2, -0.15) is 0 Å². The molecular weight excluding hydrogens is 164 g/mol. The van der Waals surface area contributed by atoms with Crippen molar-refractivity contribution in [3.63, 3.8) is 0 Å². The van der Waals surface area contributed by atoms with Crippen molar-refractivity contribution in [3.05, 3.63) is 30.0 Å². The summed E-state index contributed by atoms with van der Waals surface area (Å²) < 4.78 is 5.07. The number of nitrogens with zero attached hydrogens (tertiary/aromatic N) is 1. The summed E-state index contributed by atoms with van der Waals surface area (Å²) in [6.07, 6.45) is 5.51. The highest BCUT2D eigenvalue weighted by atomic mass is 16.5. The molecule has 0 amide bonds. The Bertz CT molecular complexity index is 295. The van der Waals surface area contributed by atoms with Crippen LogP contribution in [0.15, 0.2) is 24.4 Å². The SMILES string of the molecule is COc1ncccc1/C=C/C(C)N. The molecule has 3 heteroatoms. The number of ether oxygens (including phenoxy) is 1. The first-order valence-corrected chi connectivity index (χ1v) is 4.17. The van der Waals surface area contributed by atoms with Crippen molar-refractivity contribution in [1.29, 1.82) is 0 Å². The zero-order valence-corrected chi connectivity index (χ0v) is 7.90. The first kappa shape index (κ1) is 9.74. The molecule has 0 radical (unpaired) electrons. The van der Waals surface area contributed by atoms with Crippen LogP contribution in [0, 0.1) is 0 Å². The minimum absolute atomic E-state index is 0.0462. The van der Waals surface area contributed by atoms with Gasteiger partial charge in [-0.3, -0.25) is 0 Å². The Morgan fingerprint density at radius 2 is 2.38 bits per heavy atom. The molecule has 0 aliphatic heterocycles. The van der Waals surface area contributed by atoms with Crippen molar-refractivity contribution in [3.8, 4) is 5.88 Å². The van der Waals surface area contributed by atoms with Gasteiger partial charge in [0.05, 0.1) is 7.11 Å². The van der Waals surface area contributed by atoms with E-state index in [1.54, 1.807) is 13.3 Å². The summed E-state index contributed by atoms with van der Waals surface area (Å²) >= 11 is 0. The number of hydrogen-bond acceptors (Lipinski definition) is 3. The van der Waals surface area contributed by atoms with E-state index in [4.69, 9.17) is 10.5 Å². The molecule has 0 spiro atoms. The third-order valence-electron chi connectivity index (χ3n) is 1.57. The smallest absolute Gasteiger partial charge is 0.220 e. The molecule has 0 bridgehead atoms. The van der Waals surface area contributed by atoms with Crippen LogP contribution in [0.4, 0.5) is 0 Å². The van der Waals surface area contributed by atoms with E-state index in [1.165, 1.54) is 0 Å². The van der Waals surface area contributed by atoms with Gasteiger partial charge in [0, 0.05) is 17.8 Å². The van der Waals surface area contributed by atoms with Crippen molar-refractivity contribution >= 4 is 6.08 Å². The largest absolute Gasteiger partial charge is 0.481 e. The lowest BCUT2D eigenvalue weighted by atomic mass is 10.2. The minimum atomic E-state index is 0.0462. The van der Waals surface area contributed by atoms with Crippen LogP contribution in [0.5, 0.6) is 5.88 Å². The van der Waals surface area contributed by atoms with Gasteiger partial charge in [0.2, 0.25) is 5.88 Å². The number of hydrogen-bond donors (Lipinski definition) is 1. The van der Waals surface area contributed by atoms with Gasteiger partial charge >= 0.3 is 0 Å². The van der Waals surface area contributed by atoms with Crippen LogP contribution in [-0.2, 0) is 0 Å². The van der Waals surface area contributed by atoms with Crippen molar-refractivity contribution in [2.75, 3.05) is 7.11 Å². The Kier molecular flexibility index (Phi) is 3.46. The molecule has 3 nitrogen and oxygen atoms in total. The van der Waals surface area contributed by atoms with E-state index in [0.717, 1.165) is 5.56 Å². The van der Waals surface area contributed by atoms with Gasteiger partial charge in [-0.1, -0.05) is 12.2 Å². The van der Waals surface area contributed by atoms with E-state index in [2.05, 4.69) is 4.98 Å². The summed E-state index contributed by atoms with van der Waals surface area (Å²) in [6, 6.07) is 3.85. The maximum atomic E-state index is 5.58. The quantitative estimate of drug-likeness (QED) is 0.762. The molecule has 70 valence electrons. The lowest BCUT2D eigenvalue weighted by Crippen LogP contribution is -2.09. The zero-order chi connectivity index (χ0) is 9.68. The Balaban J connectivity index is 2.87. The lowest BCUT2D eigenvalue weighted by Gasteiger charge is -2.02. The molecule has 1 rings (SSSR count). The molecule has 1 aromatic rings. The lowest BCUT2D eigenvalue weighted by molar-refractivity contribution is 0.397. The molecule has 1 aromatic heterocycles. The number of methoxy groups -OCH3 is 1. The fraction of sp³-hybridized carbons (Fsp3) is 0.300. The topological polar surface area (TPSA) is 48.1 Å². The summed E-state index contributed by atoms with van der Waals surface area (Å²) in [5, 5.41) is 0. The van der Waals surface area contributed by atoms with Crippen LogP contribution >= 0.6 is 0 Å². The van der Waals surface area contributed by atoms with Gasteiger partial charge in [-0.15, -0.1) is 0 Å². The van der Waals surface area contributed by atoms with Crippen molar-refractivity contribution in [1.82, 2.24) is 4.98 Å². The first-order chi connectivity index (χ1) is 6.24. The average molecular weight is 178 g/mol.